The van der Waals surface area contributed by atoms with Crippen LogP contribution in [0.3, 0.4) is 0 Å². The summed E-state index contributed by atoms with van der Waals surface area (Å²) in [6, 6.07) is 0.801. The maximum atomic E-state index is 13.4. The summed E-state index contributed by atoms with van der Waals surface area (Å²) in [6.45, 7) is 0. The number of alkyl halides is 4. The monoisotopic (exact) mass is 580 g/mol. The summed E-state index contributed by atoms with van der Waals surface area (Å²) >= 11 is 1.34. The summed E-state index contributed by atoms with van der Waals surface area (Å²) in [5, 5.41) is 21.1. The van der Waals surface area contributed by atoms with Crippen molar-refractivity contribution in [2.75, 3.05) is 10.6 Å². The van der Waals surface area contributed by atoms with Gasteiger partial charge in [0.2, 0.25) is 11.9 Å². The van der Waals surface area contributed by atoms with Crippen molar-refractivity contribution in [3.63, 3.8) is 0 Å². The third-order valence-electron chi connectivity index (χ3n) is 7.89. The SMILES string of the molecule is Cn1nc(C(F)F)cc1Nc1nncn1[C@H]1CCc2sc(NC(=O)[C@H]3C[C@H](F)C3)c(C(=O)N[C@H]3C[C@H](F)C3)c2C1. The zero-order valence-corrected chi connectivity index (χ0v) is 22.4. The average molecular weight is 581 g/mol. The highest BCUT2D eigenvalue weighted by atomic mass is 32.1. The van der Waals surface area contributed by atoms with Crippen LogP contribution in [0.1, 0.15) is 71.1 Å². The van der Waals surface area contributed by atoms with Gasteiger partial charge in [-0.2, -0.15) is 5.10 Å². The van der Waals surface area contributed by atoms with Gasteiger partial charge >= 0.3 is 0 Å². The standard InChI is InChI=1S/C25H28F4N8O2S/c1-36-19(9-17(35-36)21(28)29)32-25-34-30-10-37(25)15-2-3-18-16(8-15)20(23(39)31-14-6-13(27)7-14)24(40-18)33-22(38)11-4-12(26)5-11/h9-15,21H,2-8H2,1H3,(H,31,39)(H,32,34)(H,33,38)/t11-,12-,13-,14-,15-/m0/s1. The quantitative estimate of drug-likeness (QED) is 0.340. The first-order valence-electron chi connectivity index (χ1n) is 13.2. The number of fused-ring (bicyclic) bond motifs is 1. The predicted octanol–water partition coefficient (Wildman–Crippen LogP) is 4.40. The van der Waals surface area contributed by atoms with Crippen molar-refractivity contribution in [1.29, 1.82) is 0 Å². The van der Waals surface area contributed by atoms with Crippen LogP contribution in [0.15, 0.2) is 12.4 Å². The molecule has 2 fully saturated rings. The van der Waals surface area contributed by atoms with Crippen LogP contribution >= 0.6 is 11.3 Å². The minimum atomic E-state index is -2.72. The number of amides is 2. The highest BCUT2D eigenvalue weighted by molar-refractivity contribution is 7.17. The van der Waals surface area contributed by atoms with Gasteiger partial charge in [0.25, 0.3) is 12.3 Å². The van der Waals surface area contributed by atoms with Crippen LogP contribution in [-0.4, -0.2) is 54.7 Å². The number of aromatic nitrogens is 5. The van der Waals surface area contributed by atoms with Crippen molar-refractivity contribution in [2.24, 2.45) is 13.0 Å². The molecule has 2 saturated carbocycles. The minimum absolute atomic E-state index is 0.166. The van der Waals surface area contributed by atoms with E-state index in [9.17, 15) is 27.2 Å². The van der Waals surface area contributed by atoms with E-state index < -0.39 is 24.7 Å². The lowest BCUT2D eigenvalue weighted by Gasteiger charge is -2.31. The first-order chi connectivity index (χ1) is 19.2. The van der Waals surface area contributed by atoms with Gasteiger partial charge in [-0.05, 0) is 50.5 Å². The van der Waals surface area contributed by atoms with Crippen molar-refractivity contribution in [3.05, 3.63) is 34.1 Å². The fourth-order valence-corrected chi connectivity index (χ4v) is 6.70. The average Bonchev–Trinajstić information content (AvgIpc) is 3.58. The molecule has 3 aromatic rings. The molecule has 0 radical (unpaired) electrons. The Balaban J connectivity index is 1.25. The molecule has 0 bridgehead atoms. The van der Waals surface area contributed by atoms with E-state index in [1.54, 1.807) is 11.6 Å². The van der Waals surface area contributed by atoms with Gasteiger partial charge in [0.15, 0.2) is 0 Å². The summed E-state index contributed by atoms with van der Waals surface area (Å²) in [5.74, 6) is -0.463. The van der Waals surface area contributed by atoms with Crippen molar-refractivity contribution in [1.82, 2.24) is 29.9 Å². The van der Waals surface area contributed by atoms with Gasteiger partial charge in [-0.15, -0.1) is 21.5 Å². The number of aryl methyl sites for hydroxylation is 2. The molecule has 1 atom stereocenters. The molecule has 0 spiro atoms. The third-order valence-corrected chi connectivity index (χ3v) is 9.10. The van der Waals surface area contributed by atoms with Crippen LogP contribution in [0.5, 0.6) is 0 Å². The molecule has 3 aliphatic rings. The first-order valence-corrected chi connectivity index (χ1v) is 14.0. The van der Waals surface area contributed by atoms with E-state index in [4.69, 9.17) is 0 Å². The smallest absolute Gasteiger partial charge is 0.282 e. The number of hydrogen-bond donors (Lipinski definition) is 3. The molecule has 15 heteroatoms. The summed E-state index contributed by atoms with van der Waals surface area (Å²) in [4.78, 5) is 27.2. The lowest BCUT2D eigenvalue weighted by molar-refractivity contribution is -0.124. The van der Waals surface area contributed by atoms with Crippen molar-refractivity contribution >= 4 is 39.9 Å². The fraction of sp³-hybridized carbons (Fsp3) is 0.560. The number of carbonyl (C=O) groups is 2. The van der Waals surface area contributed by atoms with Gasteiger partial charge in [-0.3, -0.25) is 18.8 Å². The van der Waals surface area contributed by atoms with Crippen LogP contribution in [0.25, 0.3) is 0 Å². The Hall–Kier alpha value is -3.49. The van der Waals surface area contributed by atoms with Gasteiger partial charge in [-0.1, -0.05) is 0 Å². The number of anilines is 3. The number of rotatable bonds is 8. The molecule has 10 nitrogen and oxygen atoms in total. The molecule has 6 rings (SSSR count). The molecular weight excluding hydrogens is 552 g/mol. The number of halogens is 4. The zero-order valence-electron chi connectivity index (χ0n) is 21.5. The summed E-state index contributed by atoms with van der Waals surface area (Å²) < 4.78 is 56.1. The molecule has 214 valence electrons. The van der Waals surface area contributed by atoms with E-state index in [1.165, 1.54) is 28.4 Å². The Labute approximate surface area is 230 Å². The number of nitrogens with one attached hydrogen (secondary N) is 3. The summed E-state index contributed by atoms with van der Waals surface area (Å²) in [7, 11) is 1.54. The van der Waals surface area contributed by atoms with Crippen molar-refractivity contribution in [2.45, 2.75) is 75.8 Å². The first kappa shape index (κ1) is 26.7. The number of thiophene rings is 1. The second kappa shape index (κ2) is 10.5. The highest BCUT2D eigenvalue weighted by Gasteiger charge is 2.38. The maximum Gasteiger partial charge on any atom is 0.282 e. The fourth-order valence-electron chi connectivity index (χ4n) is 5.46. The van der Waals surface area contributed by atoms with E-state index in [0.717, 1.165) is 10.4 Å². The molecule has 0 aliphatic heterocycles. The zero-order chi connectivity index (χ0) is 28.1. The lowest BCUT2D eigenvalue weighted by Crippen LogP contribution is -2.45. The van der Waals surface area contributed by atoms with Crippen LogP contribution in [0.2, 0.25) is 0 Å². The molecule has 2 amide bonds. The number of hydrogen-bond acceptors (Lipinski definition) is 7. The second-order valence-corrected chi connectivity index (χ2v) is 11.8. The predicted molar refractivity (Wildman–Crippen MR) is 138 cm³/mol. The molecule has 0 unspecified atom stereocenters. The molecule has 0 saturated heterocycles. The molecule has 3 aromatic heterocycles. The van der Waals surface area contributed by atoms with Gasteiger partial charge in [0.1, 0.15) is 35.2 Å². The molecule has 3 N–H and O–H groups in total. The molecule has 40 heavy (non-hydrogen) atoms. The molecule has 3 aliphatic carbocycles. The Morgan fingerprint density at radius 1 is 1.15 bits per heavy atom. The maximum absolute atomic E-state index is 13.4. The van der Waals surface area contributed by atoms with E-state index >= 15 is 0 Å². The van der Waals surface area contributed by atoms with Gasteiger partial charge in [0, 0.05) is 36.0 Å². The Morgan fingerprint density at radius 3 is 2.58 bits per heavy atom. The molecular formula is C25H28F4N8O2S. The second-order valence-electron chi connectivity index (χ2n) is 10.7. The summed E-state index contributed by atoms with van der Waals surface area (Å²) in [6.07, 6.45) is -0.540. The van der Waals surface area contributed by atoms with Crippen molar-refractivity contribution in [3.8, 4) is 0 Å². The van der Waals surface area contributed by atoms with Crippen LogP contribution in [0.4, 0.5) is 34.3 Å². The summed E-state index contributed by atoms with van der Waals surface area (Å²) in [5.41, 5.74) is 0.769. The molecule has 3 heterocycles. The number of nitrogens with zero attached hydrogens (tertiary/aromatic N) is 5. The minimum Gasteiger partial charge on any atom is -0.349 e. The normalized spacial score (nSPS) is 25.6. The Bertz CT molecular complexity index is 1430. The third kappa shape index (κ3) is 5.06. The van der Waals surface area contributed by atoms with E-state index in [-0.39, 0.29) is 55.3 Å². The van der Waals surface area contributed by atoms with E-state index in [2.05, 4.69) is 31.2 Å². The Morgan fingerprint density at radius 2 is 1.90 bits per heavy atom. The Kier molecular flexibility index (Phi) is 7.00. The van der Waals surface area contributed by atoms with Crippen molar-refractivity contribution < 1.29 is 27.2 Å². The van der Waals surface area contributed by atoms with E-state index in [0.29, 0.717) is 41.6 Å². The van der Waals surface area contributed by atoms with Gasteiger partial charge in [0.05, 0.1) is 5.56 Å². The lowest BCUT2D eigenvalue weighted by atomic mass is 9.83. The highest BCUT2D eigenvalue weighted by Crippen LogP contribution is 2.43. The topological polar surface area (TPSA) is 119 Å². The van der Waals surface area contributed by atoms with Crippen LogP contribution < -0.4 is 16.0 Å². The van der Waals surface area contributed by atoms with Gasteiger partial charge < -0.3 is 16.0 Å². The number of carbonyl (C=O) groups excluding carboxylic acids is 2. The van der Waals surface area contributed by atoms with Crippen LogP contribution in [0, 0.1) is 5.92 Å². The largest absolute Gasteiger partial charge is 0.349 e. The molecule has 0 aromatic carbocycles. The van der Waals surface area contributed by atoms with E-state index in [1.807, 2.05) is 0 Å². The van der Waals surface area contributed by atoms with Gasteiger partial charge in [-0.25, -0.2) is 17.6 Å². The van der Waals surface area contributed by atoms with Crippen LogP contribution in [-0.2, 0) is 24.7 Å².